The van der Waals surface area contributed by atoms with E-state index in [4.69, 9.17) is 32.7 Å². The molecular formula is C17H13Cl2NO3. The first-order valence-electron chi connectivity index (χ1n) is 7.31. The third kappa shape index (κ3) is 2.52. The Balaban J connectivity index is 1.87. The van der Waals surface area contributed by atoms with Gasteiger partial charge in [-0.3, -0.25) is 4.79 Å². The number of amides is 1. The Morgan fingerprint density at radius 3 is 2.57 bits per heavy atom. The Labute approximate surface area is 143 Å². The summed E-state index contributed by atoms with van der Waals surface area (Å²) in [6.07, 6.45) is 0.312. The van der Waals surface area contributed by atoms with Crippen LogP contribution in [0.25, 0.3) is 0 Å². The topological polar surface area (TPSA) is 47.6 Å². The fraction of sp³-hybridized carbons (Fsp3) is 0.235. The second-order valence-corrected chi connectivity index (χ2v) is 6.32. The van der Waals surface area contributed by atoms with Crippen LogP contribution in [0.1, 0.15) is 23.5 Å². The number of carbonyl (C=O) groups excluding carboxylic acids is 1. The highest BCUT2D eigenvalue weighted by Gasteiger charge is 2.30. The van der Waals surface area contributed by atoms with E-state index in [1.807, 2.05) is 24.3 Å². The molecule has 118 valence electrons. The Kier molecular flexibility index (Phi) is 3.58. The molecule has 1 N–H and O–H groups in total. The summed E-state index contributed by atoms with van der Waals surface area (Å²) in [5, 5.41) is 3.86. The van der Waals surface area contributed by atoms with Gasteiger partial charge in [0, 0.05) is 24.1 Å². The Hall–Kier alpha value is -1.91. The van der Waals surface area contributed by atoms with Crippen molar-refractivity contribution in [1.29, 1.82) is 0 Å². The van der Waals surface area contributed by atoms with Crippen molar-refractivity contribution < 1.29 is 14.3 Å². The first-order valence-corrected chi connectivity index (χ1v) is 8.06. The summed E-state index contributed by atoms with van der Waals surface area (Å²) in [6.45, 7) is 1.02. The lowest BCUT2D eigenvalue weighted by molar-refractivity contribution is -0.116. The average molecular weight is 350 g/mol. The normalized spacial score (nSPS) is 19.0. The molecule has 2 aliphatic heterocycles. The van der Waals surface area contributed by atoms with Gasteiger partial charge in [0.05, 0.1) is 10.0 Å². The van der Waals surface area contributed by atoms with Crippen LogP contribution < -0.4 is 14.8 Å². The highest BCUT2D eigenvalue weighted by Crippen LogP contribution is 2.46. The molecule has 2 aromatic rings. The van der Waals surface area contributed by atoms with E-state index in [2.05, 4.69) is 5.32 Å². The number of nitrogens with one attached hydrogen (secondary N) is 1. The zero-order chi connectivity index (χ0) is 16.0. The first-order chi connectivity index (χ1) is 11.1. The predicted octanol–water partition coefficient (Wildman–Crippen LogP) is 4.24. The van der Waals surface area contributed by atoms with Gasteiger partial charge < -0.3 is 14.8 Å². The Bertz CT molecular complexity index is 807. The largest absolute Gasteiger partial charge is 0.486 e. The van der Waals surface area contributed by atoms with Gasteiger partial charge in [0.25, 0.3) is 0 Å². The SMILES string of the molecule is O=C1C[C@H](c2cccc(Cl)c2Cl)c2cc3c(cc2N1)OCCO3. The van der Waals surface area contributed by atoms with Crippen molar-refractivity contribution in [3.05, 3.63) is 51.5 Å². The van der Waals surface area contributed by atoms with Crippen LogP contribution in [0.2, 0.25) is 10.0 Å². The number of rotatable bonds is 1. The summed E-state index contributed by atoms with van der Waals surface area (Å²) in [5.74, 6) is 1.11. The summed E-state index contributed by atoms with van der Waals surface area (Å²) >= 11 is 12.5. The van der Waals surface area contributed by atoms with Gasteiger partial charge in [0.1, 0.15) is 13.2 Å². The van der Waals surface area contributed by atoms with Gasteiger partial charge in [0.2, 0.25) is 5.91 Å². The number of carbonyl (C=O) groups is 1. The van der Waals surface area contributed by atoms with Crippen molar-refractivity contribution in [1.82, 2.24) is 0 Å². The monoisotopic (exact) mass is 349 g/mol. The van der Waals surface area contributed by atoms with Crippen LogP contribution in [0.15, 0.2) is 30.3 Å². The van der Waals surface area contributed by atoms with Crippen LogP contribution in [-0.2, 0) is 4.79 Å². The molecule has 2 aromatic carbocycles. The van der Waals surface area contributed by atoms with Crippen molar-refractivity contribution in [2.45, 2.75) is 12.3 Å². The molecule has 0 bridgehead atoms. The van der Waals surface area contributed by atoms with Crippen molar-refractivity contribution in [3.8, 4) is 11.5 Å². The number of hydrogen-bond donors (Lipinski definition) is 1. The van der Waals surface area contributed by atoms with Gasteiger partial charge in [-0.05, 0) is 23.3 Å². The fourth-order valence-electron chi connectivity index (χ4n) is 3.06. The van der Waals surface area contributed by atoms with Crippen LogP contribution in [0, 0.1) is 0 Å². The van der Waals surface area contributed by atoms with E-state index in [0.29, 0.717) is 41.2 Å². The zero-order valence-electron chi connectivity index (χ0n) is 12.1. The lowest BCUT2D eigenvalue weighted by Crippen LogP contribution is -2.25. The minimum absolute atomic E-state index is 0.0600. The maximum absolute atomic E-state index is 12.1. The third-order valence-electron chi connectivity index (χ3n) is 4.11. The molecule has 0 aliphatic carbocycles. The van der Waals surface area contributed by atoms with Gasteiger partial charge in [-0.1, -0.05) is 35.3 Å². The standard InChI is InChI=1S/C17H13Cl2NO3/c18-12-3-1-2-9(17(12)19)10-7-16(21)20-13-8-15-14(6-11(10)13)22-4-5-23-15/h1-3,6,8,10H,4-5,7H2,(H,20,21)/t10-/m1/s1. The number of anilines is 1. The fourth-order valence-corrected chi connectivity index (χ4v) is 3.50. The number of benzene rings is 2. The average Bonchev–Trinajstić information content (AvgIpc) is 2.55. The highest BCUT2D eigenvalue weighted by atomic mass is 35.5. The molecule has 0 saturated heterocycles. The predicted molar refractivity (Wildman–Crippen MR) is 89.0 cm³/mol. The van der Waals surface area contributed by atoms with E-state index in [1.165, 1.54) is 0 Å². The van der Waals surface area contributed by atoms with Gasteiger partial charge in [-0.15, -0.1) is 0 Å². The van der Waals surface area contributed by atoms with Gasteiger partial charge >= 0.3 is 0 Å². The van der Waals surface area contributed by atoms with Crippen LogP contribution in [0.4, 0.5) is 5.69 Å². The molecule has 4 rings (SSSR count). The summed E-state index contributed by atoms with van der Waals surface area (Å²) in [7, 11) is 0. The van der Waals surface area contributed by atoms with Crippen LogP contribution in [0.5, 0.6) is 11.5 Å². The van der Waals surface area contributed by atoms with Crippen LogP contribution in [-0.4, -0.2) is 19.1 Å². The molecule has 0 radical (unpaired) electrons. The van der Waals surface area contributed by atoms with E-state index >= 15 is 0 Å². The van der Waals surface area contributed by atoms with Crippen molar-refractivity contribution in [2.24, 2.45) is 0 Å². The maximum Gasteiger partial charge on any atom is 0.225 e. The summed E-state index contributed by atoms with van der Waals surface area (Å²) < 4.78 is 11.2. The molecule has 0 fully saturated rings. The number of fused-ring (bicyclic) bond motifs is 2. The van der Waals surface area contributed by atoms with Gasteiger partial charge in [-0.25, -0.2) is 0 Å². The third-order valence-corrected chi connectivity index (χ3v) is 4.94. The lowest BCUT2D eigenvalue weighted by Gasteiger charge is -2.29. The van der Waals surface area contributed by atoms with Gasteiger partial charge in [0.15, 0.2) is 11.5 Å². The zero-order valence-corrected chi connectivity index (χ0v) is 13.6. The van der Waals surface area contributed by atoms with Crippen molar-refractivity contribution >= 4 is 34.8 Å². The molecule has 1 amide bonds. The minimum Gasteiger partial charge on any atom is -0.486 e. The maximum atomic E-state index is 12.1. The minimum atomic E-state index is -0.166. The second kappa shape index (κ2) is 5.62. The smallest absolute Gasteiger partial charge is 0.225 e. The number of ether oxygens (including phenoxy) is 2. The molecule has 0 spiro atoms. The molecule has 23 heavy (non-hydrogen) atoms. The Morgan fingerprint density at radius 2 is 1.78 bits per heavy atom. The molecule has 2 aliphatic rings. The van der Waals surface area contributed by atoms with E-state index in [-0.39, 0.29) is 11.8 Å². The molecule has 2 heterocycles. The van der Waals surface area contributed by atoms with Crippen molar-refractivity contribution in [3.63, 3.8) is 0 Å². The molecule has 0 unspecified atom stereocenters. The van der Waals surface area contributed by atoms with Crippen LogP contribution in [0.3, 0.4) is 0 Å². The molecule has 6 heteroatoms. The first kappa shape index (κ1) is 14.7. The van der Waals surface area contributed by atoms with E-state index in [9.17, 15) is 4.79 Å². The molecular weight excluding hydrogens is 337 g/mol. The van der Waals surface area contributed by atoms with E-state index in [0.717, 1.165) is 16.8 Å². The quantitative estimate of drug-likeness (QED) is 0.837. The van der Waals surface area contributed by atoms with Gasteiger partial charge in [-0.2, -0.15) is 0 Å². The summed E-state index contributed by atoms with van der Waals surface area (Å²) in [6, 6.07) is 9.21. The van der Waals surface area contributed by atoms with E-state index in [1.54, 1.807) is 6.07 Å². The summed E-state index contributed by atoms with van der Waals surface area (Å²) in [5.41, 5.74) is 2.52. The molecule has 1 atom stereocenters. The van der Waals surface area contributed by atoms with E-state index < -0.39 is 0 Å². The highest BCUT2D eigenvalue weighted by molar-refractivity contribution is 6.42. The molecule has 4 nitrogen and oxygen atoms in total. The number of halogens is 2. The van der Waals surface area contributed by atoms with Crippen molar-refractivity contribution in [2.75, 3.05) is 18.5 Å². The molecule has 0 aromatic heterocycles. The number of hydrogen-bond acceptors (Lipinski definition) is 3. The summed E-state index contributed by atoms with van der Waals surface area (Å²) in [4.78, 5) is 12.1. The van der Waals surface area contributed by atoms with Crippen LogP contribution >= 0.6 is 23.2 Å². The lowest BCUT2D eigenvalue weighted by atomic mass is 9.84. The Morgan fingerprint density at radius 1 is 1.04 bits per heavy atom. The second-order valence-electron chi connectivity index (χ2n) is 5.53. The molecule has 0 saturated carbocycles.